The number of rotatable bonds is 5. The van der Waals surface area contributed by atoms with Crippen LogP contribution in [0.4, 0.5) is 0 Å². The lowest BCUT2D eigenvalue weighted by Crippen LogP contribution is -2.51. The maximum absolute atomic E-state index is 5.34. The van der Waals surface area contributed by atoms with E-state index in [1.54, 1.807) is 0 Å². The van der Waals surface area contributed by atoms with Crippen molar-refractivity contribution in [2.45, 2.75) is 44.8 Å². The van der Waals surface area contributed by atoms with Crippen molar-refractivity contribution in [3.8, 4) is 0 Å². The first-order valence-electron chi connectivity index (χ1n) is 6.81. The van der Waals surface area contributed by atoms with Gasteiger partial charge in [0.25, 0.3) is 0 Å². The zero-order valence-corrected chi connectivity index (χ0v) is 10.7. The zero-order chi connectivity index (χ0) is 11.4. The summed E-state index contributed by atoms with van der Waals surface area (Å²) < 4.78 is 5.34. The topological polar surface area (TPSA) is 24.5 Å². The number of ether oxygens (including phenoxy) is 1. The van der Waals surface area contributed by atoms with E-state index in [-0.39, 0.29) is 0 Å². The standard InChI is InChI=1S/C13H26N2O/c1-3-14-10-11-4-6-15(7-5-11)12-8-13(9-12)16-2/h11-14H,3-10H2,1-2H3. The van der Waals surface area contributed by atoms with Gasteiger partial charge in [-0.2, -0.15) is 0 Å². The van der Waals surface area contributed by atoms with Crippen LogP contribution in [0.1, 0.15) is 32.6 Å². The van der Waals surface area contributed by atoms with Crippen LogP contribution < -0.4 is 5.32 Å². The lowest BCUT2D eigenvalue weighted by Gasteiger charge is -2.45. The van der Waals surface area contributed by atoms with E-state index in [0.717, 1.165) is 18.5 Å². The van der Waals surface area contributed by atoms with E-state index >= 15 is 0 Å². The molecule has 1 saturated heterocycles. The SMILES string of the molecule is CCNCC1CCN(C2CC(OC)C2)CC1. The third-order valence-electron chi connectivity index (χ3n) is 4.25. The maximum Gasteiger partial charge on any atom is 0.0601 e. The van der Waals surface area contributed by atoms with Gasteiger partial charge >= 0.3 is 0 Å². The molecule has 2 fully saturated rings. The summed E-state index contributed by atoms with van der Waals surface area (Å²) in [4.78, 5) is 2.68. The van der Waals surface area contributed by atoms with Gasteiger partial charge in [0.1, 0.15) is 0 Å². The van der Waals surface area contributed by atoms with Crippen LogP contribution in [0.15, 0.2) is 0 Å². The molecule has 1 aliphatic carbocycles. The van der Waals surface area contributed by atoms with Crippen molar-refractivity contribution in [3.05, 3.63) is 0 Å². The Morgan fingerprint density at radius 3 is 2.50 bits per heavy atom. The normalized spacial score (nSPS) is 32.6. The summed E-state index contributed by atoms with van der Waals surface area (Å²) in [6.45, 7) is 7.12. The molecule has 1 N–H and O–H groups in total. The largest absolute Gasteiger partial charge is 0.381 e. The van der Waals surface area contributed by atoms with Gasteiger partial charge < -0.3 is 15.0 Å². The lowest BCUT2D eigenvalue weighted by atomic mass is 9.85. The molecular formula is C13H26N2O. The Morgan fingerprint density at radius 1 is 1.25 bits per heavy atom. The average Bonchev–Trinajstić information content (AvgIpc) is 2.27. The second kappa shape index (κ2) is 5.99. The van der Waals surface area contributed by atoms with Crippen LogP contribution in [0.3, 0.4) is 0 Å². The molecule has 16 heavy (non-hydrogen) atoms. The molecule has 0 bridgehead atoms. The summed E-state index contributed by atoms with van der Waals surface area (Å²) in [6.07, 6.45) is 5.81. The van der Waals surface area contributed by atoms with Crippen molar-refractivity contribution in [1.29, 1.82) is 0 Å². The van der Waals surface area contributed by atoms with Crippen molar-refractivity contribution in [1.82, 2.24) is 10.2 Å². The highest BCUT2D eigenvalue weighted by Gasteiger charge is 2.35. The summed E-state index contributed by atoms with van der Waals surface area (Å²) in [5.41, 5.74) is 0. The number of piperidine rings is 1. The van der Waals surface area contributed by atoms with Crippen LogP contribution in [-0.2, 0) is 4.74 Å². The van der Waals surface area contributed by atoms with E-state index in [0.29, 0.717) is 6.10 Å². The van der Waals surface area contributed by atoms with Crippen LogP contribution in [0, 0.1) is 5.92 Å². The molecule has 0 radical (unpaired) electrons. The first-order valence-corrected chi connectivity index (χ1v) is 6.81. The average molecular weight is 226 g/mol. The Hall–Kier alpha value is -0.120. The summed E-state index contributed by atoms with van der Waals surface area (Å²) in [5.74, 6) is 0.912. The zero-order valence-electron chi connectivity index (χ0n) is 10.7. The Morgan fingerprint density at radius 2 is 1.94 bits per heavy atom. The van der Waals surface area contributed by atoms with Gasteiger partial charge in [-0.3, -0.25) is 0 Å². The number of likely N-dealkylation sites (tertiary alicyclic amines) is 1. The van der Waals surface area contributed by atoms with Gasteiger partial charge in [0.15, 0.2) is 0 Å². The fraction of sp³-hybridized carbons (Fsp3) is 1.00. The molecule has 3 heteroatoms. The van der Waals surface area contributed by atoms with Gasteiger partial charge in [0, 0.05) is 13.2 Å². The van der Waals surface area contributed by atoms with E-state index in [2.05, 4.69) is 17.1 Å². The summed E-state index contributed by atoms with van der Waals surface area (Å²) in [5, 5.41) is 3.47. The van der Waals surface area contributed by atoms with Crippen molar-refractivity contribution in [3.63, 3.8) is 0 Å². The van der Waals surface area contributed by atoms with Crippen molar-refractivity contribution >= 4 is 0 Å². The van der Waals surface area contributed by atoms with E-state index in [9.17, 15) is 0 Å². The molecular weight excluding hydrogens is 200 g/mol. The molecule has 1 aliphatic heterocycles. The highest BCUT2D eigenvalue weighted by molar-refractivity contribution is 4.90. The second-order valence-electron chi connectivity index (χ2n) is 5.27. The molecule has 1 saturated carbocycles. The van der Waals surface area contributed by atoms with Gasteiger partial charge in [-0.05, 0) is 57.8 Å². The van der Waals surface area contributed by atoms with Gasteiger partial charge in [-0.15, -0.1) is 0 Å². The van der Waals surface area contributed by atoms with E-state index in [4.69, 9.17) is 4.74 Å². The third kappa shape index (κ3) is 2.96. The predicted molar refractivity (Wildman–Crippen MR) is 66.7 cm³/mol. The molecule has 2 aliphatic rings. The predicted octanol–water partition coefficient (Wildman–Crippen LogP) is 1.49. The first kappa shape index (κ1) is 12.3. The van der Waals surface area contributed by atoms with Crippen LogP contribution in [0.2, 0.25) is 0 Å². The smallest absolute Gasteiger partial charge is 0.0601 e. The minimum absolute atomic E-state index is 0.546. The van der Waals surface area contributed by atoms with Gasteiger partial charge in [0.05, 0.1) is 6.10 Å². The van der Waals surface area contributed by atoms with Crippen LogP contribution in [0.25, 0.3) is 0 Å². The molecule has 1 heterocycles. The molecule has 0 atom stereocenters. The number of hydrogen-bond acceptors (Lipinski definition) is 3. The molecule has 0 amide bonds. The number of hydrogen-bond donors (Lipinski definition) is 1. The van der Waals surface area contributed by atoms with Gasteiger partial charge in [0.2, 0.25) is 0 Å². The highest BCUT2D eigenvalue weighted by atomic mass is 16.5. The second-order valence-corrected chi connectivity index (χ2v) is 5.27. The first-order chi connectivity index (χ1) is 7.83. The molecule has 3 nitrogen and oxygen atoms in total. The Kier molecular flexibility index (Phi) is 4.62. The number of nitrogens with zero attached hydrogens (tertiary/aromatic N) is 1. The van der Waals surface area contributed by atoms with Crippen molar-refractivity contribution in [2.24, 2.45) is 5.92 Å². The van der Waals surface area contributed by atoms with Crippen molar-refractivity contribution in [2.75, 3.05) is 33.3 Å². The number of methoxy groups -OCH3 is 1. The fourth-order valence-electron chi connectivity index (χ4n) is 2.90. The number of nitrogens with one attached hydrogen (secondary N) is 1. The summed E-state index contributed by atoms with van der Waals surface area (Å²) in [7, 11) is 1.84. The molecule has 2 rings (SSSR count). The molecule has 0 spiro atoms. The molecule has 0 aromatic carbocycles. The Balaban J connectivity index is 1.62. The highest BCUT2D eigenvalue weighted by Crippen LogP contribution is 2.30. The summed E-state index contributed by atoms with van der Waals surface area (Å²) in [6, 6.07) is 0.824. The molecule has 94 valence electrons. The Bertz CT molecular complexity index is 196. The minimum atomic E-state index is 0.546. The van der Waals surface area contributed by atoms with Crippen molar-refractivity contribution < 1.29 is 4.74 Å². The lowest BCUT2D eigenvalue weighted by molar-refractivity contribution is -0.0361. The third-order valence-corrected chi connectivity index (χ3v) is 4.25. The maximum atomic E-state index is 5.34. The fourth-order valence-corrected chi connectivity index (χ4v) is 2.90. The van der Waals surface area contributed by atoms with Crippen LogP contribution in [0.5, 0.6) is 0 Å². The molecule has 0 aromatic heterocycles. The quantitative estimate of drug-likeness (QED) is 0.768. The molecule has 0 unspecified atom stereocenters. The molecule has 0 aromatic rings. The summed E-state index contributed by atoms with van der Waals surface area (Å²) >= 11 is 0. The van der Waals surface area contributed by atoms with Gasteiger partial charge in [-0.25, -0.2) is 0 Å². The van der Waals surface area contributed by atoms with E-state index < -0.39 is 0 Å². The minimum Gasteiger partial charge on any atom is -0.381 e. The van der Waals surface area contributed by atoms with E-state index in [1.807, 2.05) is 7.11 Å². The van der Waals surface area contributed by atoms with E-state index in [1.165, 1.54) is 45.3 Å². The van der Waals surface area contributed by atoms with Crippen LogP contribution >= 0.6 is 0 Å². The monoisotopic (exact) mass is 226 g/mol. The Labute approximate surface area is 99.5 Å². The van der Waals surface area contributed by atoms with Crippen LogP contribution in [-0.4, -0.2) is 50.3 Å². The van der Waals surface area contributed by atoms with Gasteiger partial charge in [-0.1, -0.05) is 6.92 Å².